The Kier molecular flexibility index (Phi) is 4.31. The van der Waals surface area contributed by atoms with E-state index in [1.54, 1.807) is 6.20 Å². The molecule has 0 aliphatic heterocycles. The second-order valence-electron chi connectivity index (χ2n) is 4.39. The molecule has 0 spiro atoms. The van der Waals surface area contributed by atoms with Crippen LogP contribution in [0.15, 0.2) is 59.2 Å². The van der Waals surface area contributed by atoms with Crippen molar-refractivity contribution in [2.75, 3.05) is 13.2 Å². The van der Waals surface area contributed by atoms with Crippen molar-refractivity contribution in [2.45, 2.75) is 0 Å². The summed E-state index contributed by atoms with van der Waals surface area (Å²) in [6.07, 6.45) is 1.72. The van der Waals surface area contributed by atoms with Crippen LogP contribution >= 0.6 is 15.9 Å². The fourth-order valence-corrected chi connectivity index (χ4v) is 2.34. The third kappa shape index (κ3) is 3.49. The molecule has 0 saturated carbocycles. The molecule has 0 bridgehead atoms. The minimum absolute atomic E-state index is 0.412. The Balaban J connectivity index is 1.60. The molecule has 106 valence electrons. The smallest absolute Gasteiger partial charge is 0.241 e. The number of benzene rings is 2. The van der Waals surface area contributed by atoms with Crippen molar-refractivity contribution in [3.8, 4) is 11.6 Å². The summed E-state index contributed by atoms with van der Waals surface area (Å²) < 4.78 is 12.3. The van der Waals surface area contributed by atoms with E-state index in [0.29, 0.717) is 19.1 Å². The number of rotatable bonds is 5. The van der Waals surface area contributed by atoms with Crippen molar-refractivity contribution in [3.63, 3.8) is 0 Å². The van der Waals surface area contributed by atoms with E-state index in [1.807, 2.05) is 48.5 Å². The maximum Gasteiger partial charge on any atom is 0.241 e. The largest absolute Gasteiger partial charge is 0.490 e. The van der Waals surface area contributed by atoms with Crippen molar-refractivity contribution in [1.82, 2.24) is 10.2 Å². The van der Waals surface area contributed by atoms with Gasteiger partial charge in [0.05, 0.1) is 6.20 Å². The highest BCUT2D eigenvalue weighted by molar-refractivity contribution is 9.10. The van der Waals surface area contributed by atoms with Gasteiger partial charge in [-0.25, -0.2) is 0 Å². The number of halogens is 1. The summed E-state index contributed by atoms with van der Waals surface area (Å²) in [6.45, 7) is 0.858. The van der Waals surface area contributed by atoms with E-state index in [0.717, 1.165) is 21.0 Å². The standard InChI is InChI=1S/C16H13BrN2O2/c17-13-5-3-6-14(10-13)20-8-9-21-16-15-7-2-1-4-12(15)11-18-19-16/h1-7,10-11H,8-9H2. The summed E-state index contributed by atoms with van der Waals surface area (Å²) in [5, 5.41) is 9.93. The van der Waals surface area contributed by atoms with Gasteiger partial charge in [0, 0.05) is 15.2 Å². The molecule has 0 saturated heterocycles. The van der Waals surface area contributed by atoms with E-state index >= 15 is 0 Å². The van der Waals surface area contributed by atoms with Gasteiger partial charge in [0.2, 0.25) is 5.88 Å². The quantitative estimate of drug-likeness (QED) is 0.659. The monoisotopic (exact) mass is 344 g/mol. The molecular formula is C16H13BrN2O2. The van der Waals surface area contributed by atoms with E-state index in [1.165, 1.54) is 0 Å². The molecule has 0 unspecified atom stereocenters. The van der Waals surface area contributed by atoms with Gasteiger partial charge in [-0.2, -0.15) is 5.10 Å². The average molecular weight is 345 g/mol. The van der Waals surface area contributed by atoms with E-state index in [9.17, 15) is 0 Å². The lowest BCUT2D eigenvalue weighted by molar-refractivity contribution is 0.212. The number of ether oxygens (including phenoxy) is 2. The van der Waals surface area contributed by atoms with Crippen LogP contribution in [0.25, 0.3) is 10.8 Å². The first kappa shape index (κ1) is 13.8. The molecule has 0 aliphatic rings. The van der Waals surface area contributed by atoms with Crippen LogP contribution in [0.4, 0.5) is 0 Å². The summed E-state index contributed by atoms with van der Waals surface area (Å²) in [5.74, 6) is 1.34. The Bertz CT molecular complexity index is 744. The second kappa shape index (κ2) is 6.54. The Morgan fingerprint density at radius 1 is 0.952 bits per heavy atom. The number of aromatic nitrogens is 2. The molecule has 1 heterocycles. The Morgan fingerprint density at radius 2 is 1.81 bits per heavy atom. The van der Waals surface area contributed by atoms with Crippen LogP contribution in [0.1, 0.15) is 0 Å². The predicted molar refractivity (Wildman–Crippen MR) is 84.7 cm³/mol. The lowest BCUT2D eigenvalue weighted by Crippen LogP contribution is -2.10. The third-order valence-corrected chi connectivity index (χ3v) is 3.42. The average Bonchev–Trinajstić information content (AvgIpc) is 2.52. The van der Waals surface area contributed by atoms with Crippen LogP contribution in [0, 0.1) is 0 Å². The number of nitrogens with zero attached hydrogens (tertiary/aromatic N) is 2. The van der Waals surface area contributed by atoms with Crippen molar-refractivity contribution >= 4 is 26.7 Å². The zero-order valence-electron chi connectivity index (χ0n) is 11.2. The van der Waals surface area contributed by atoms with E-state index in [-0.39, 0.29) is 0 Å². The number of hydrogen-bond acceptors (Lipinski definition) is 4. The molecule has 5 heteroatoms. The van der Waals surface area contributed by atoms with Gasteiger partial charge >= 0.3 is 0 Å². The predicted octanol–water partition coefficient (Wildman–Crippen LogP) is 3.85. The SMILES string of the molecule is Brc1cccc(OCCOc2nncc3ccccc23)c1. The fraction of sp³-hybridized carbons (Fsp3) is 0.125. The van der Waals surface area contributed by atoms with Gasteiger partial charge in [-0.1, -0.05) is 40.2 Å². The van der Waals surface area contributed by atoms with Gasteiger partial charge in [0.25, 0.3) is 0 Å². The molecule has 0 radical (unpaired) electrons. The van der Waals surface area contributed by atoms with Gasteiger partial charge in [0.1, 0.15) is 19.0 Å². The van der Waals surface area contributed by atoms with Crippen molar-refractivity contribution < 1.29 is 9.47 Å². The summed E-state index contributed by atoms with van der Waals surface area (Å²) in [5.41, 5.74) is 0. The van der Waals surface area contributed by atoms with Crippen LogP contribution in [0.5, 0.6) is 11.6 Å². The minimum Gasteiger partial charge on any atom is -0.490 e. The maximum absolute atomic E-state index is 5.66. The molecule has 0 amide bonds. The molecule has 4 nitrogen and oxygen atoms in total. The number of fused-ring (bicyclic) bond motifs is 1. The summed E-state index contributed by atoms with van der Waals surface area (Å²) in [6, 6.07) is 15.6. The van der Waals surface area contributed by atoms with Gasteiger partial charge in [-0.3, -0.25) is 0 Å². The van der Waals surface area contributed by atoms with Crippen LogP contribution in [0.2, 0.25) is 0 Å². The van der Waals surface area contributed by atoms with Crippen molar-refractivity contribution in [3.05, 3.63) is 59.2 Å². The number of hydrogen-bond donors (Lipinski definition) is 0. The second-order valence-corrected chi connectivity index (χ2v) is 5.31. The Hall–Kier alpha value is -2.14. The van der Waals surface area contributed by atoms with E-state index in [4.69, 9.17) is 9.47 Å². The summed E-state index contributed by atoms with van der Waals surface area (Å²) >= 11 is 3.41. The molecule has 3 rings (SSSR count). The van der Waals surface area contributed by atoms with Gasteiger partial charge < -0.3 is 9.47 Å². The lowest BCUT2D eigenvalue weighted by Gasteiger charge is -2.09. The molecule has 0 N–H and O–H groups in total. The maximum atomic E-state index is 5.66. The van der Waals surface area contributed by atoms with Crippen LogP contribution in [-0.2, 0) is 0 Å². The van der Waals surface area contributed by atoms with Gasteiger partial charge in [-0.05, 0) is 24.3 Å². The Labute approximate surface area is 130 Å². The molecule has 1 aromatic heterocycles. The zero-order chi connectivity index (χ0) is 14.5. The first-order chi connectivity index (χ1) is 10.3. The van der Waals surface area contributed by atoms with Gasteiger partial charge in [-0.15, -0.1) is 5.10 Å². The van der Waals surface area contributed by atoms with Crippen molar-refractivity contribution in [1.29, 1.82) is 0 Å². The molecule has 2 aromatic carbocycles. The highest BCUT2D eigenvalue weighted by Gasteiger charge is 2.04. The topological polar surface area (TPSA) is 44.2 Å². The first-order valence-electron chi connectivity index (χ1n) is 6.54. The normalized spacial score (nSPS) is 10.5. The highest BCUT2D eigenvalue weighted by atomic mass is 79.9. The molecular weight excluding hydrogens is 332 g/mol. The van der Waals surface area contributed by atoms with Crippen molar-refractivity contribution in [2.24, 2.45) is 0 Å². The van der Waals surface area contributed by atoms with Crippen LogP contribution in [0.3, 0.4) is 0 Å². The summed E-state index contributed by atoms with van der Waals surface area (Å²) in [7, 11) is 0. The molecule has 0 atom stereocenters. The molecule has 21 heavy (non-hydrogen) atoms. The van der Waals surface area contributed by atoms with E-state index < -0.39 is 0 Å². The Morgan fingerprint density at radius 3 is 2.71 bits per heavy atom. The fourth-order valence-electron chi connectivity index (χ4n) is 1.96. The summed E-state index contributed by atoms with van der Waals surface area (Å²) in [4.78, 5) is 0. The lowest BCUT2D eigenvalue weighted by atomic mass is 10.2. The van der Waals surface area contributed by atoms with Gasteiger partial charge in [0.15, 0.2) is 0 Å². The van der Waals surface area contributed by atoms with E-state index in [2.05, 4.69) is 26.1 Å². The molecule has 0 fully saturated rings. The molecule has 3 aromatic rings. The zero-order valence-corrected chi connectivity index (χ0v) is 12.8. The molecule has 0 aliphatic carbocycles. The minimum atomic E-state index is 0.412. The third-order valence-electron chi connectivity index (χ3n) is 2.92. The highest BCUT2D eigenvalue weighted by Crippen LogP contribution is 2.21. The van der Waals surface area contributed by atoms with Crippen LogP contribution < -0.4 is 9.47 Å². The first-order valence-corrected chi connectivity index (χ1v) is 7.34. The van der Waals surface area contributed by atoms with Crippen LogP contribution in [-0.4, -0.2) is 23.4 Å².